The van der Waals surface area contributed by atoms with Gasteiger partial charge in [-0.25, -0.2) is 19.3 Å². The third-order valence-electron chi connectivity index (χ3n) is 3.25. The third-order valence-corrected chi connectivity index (χ3v) is 3.54. The summed E-state index contributed by atoms with van der Waals surface area (Å²) in [6, 6.07) is 4.47. The summed E-state index contributed by atoms with van der Waals surface area (Å²) in [5, 5.41) is 3.06. The summed E-state index contributed by atoms with van der Waals surface area (Å²) in [4.78, 5) is 16.8. The van der Waals surface area contributed by atoms with E-state index in [0.29, 0.717) is 29.1 Å². The molecular formula is C16H15ClFN5O2. The van der Waals surface area contributed by atoms with Crippen LogP contribution in [0, 0.1) is 5.82 Å². The van der Waals surface area contributed by atoms with E-state index in [9.17, 15) is 4.39 Å². The molecule has 1 aromatic carbocycles. The predicted octanol–water partition coefficient (Wildman–Crippen LogP) is 3.37. The highest BCUT2D eigenvalue weighted by atomic mass is 35.5. The van der Waals surface area contributed by atoms with E-state index in [4.69, 9.17) is 21.1 Å². The predicted molar refractivity (Wildman–Crippen MR) is 91.8 cm³/mol. The van der Waals surface area contributed by atoms with Crippen molar-refractivity contribution >= 4 is 34.1 Å². The average Bonchev–Trinajstić information content (AvgIpc) is 2.59. The van der Waals surface area contributed by atoms with Gasteiger partial charge in [0.25, 0.3) is 0 Å². The fraction of sp³-hybridized carbons (Fsp3) is 0.250. The van der Waals surface area contributed by atoms with Crippen LogP contribution in [0.5, 0.6) is 6.01 Å². The fourth-order valence-electron chi connectivity index (χ4n) is 2.15. The van der Waals surface area contributed by atoms with Gasteiger partial charge in [-0.05, 0) is 25.1 Å². The van der Waals surface area contributed by atoms with E-state index >= 15 is 0 Å². The molecule has 2 aromatic heterocycles. The lowest BCUT2D eigenvalue weighted by Crippen LogP contribution is -2.19. The number of rotatable bonds is 6. The molecular weight excluding hydrogens is 349 g/mol. The minimum atomic E-state index is -0.495. The number of methoxy groups -OCH3 is 1. The first-order valence-electron chi connectivity index (χ1n) is 7.42. The summed E-state index contributed by atoms with van der Waals surface area (Å²) in [6.45, 7) is 2.25. The van der Waals surface area contributed by atoms with Crippen LogP contribution >= 0.6 is 11.6 Å². The van der Waals surface area contributed by atoms with E-state index < -0.39 is 5.82 Å². The van der Waals surface area contributed by atoms with Gasteiger partial charge in [-0.1, -0.05) is 11.6 Å². The monoisotopic (exact) mass is 363 g/mol. The van der Waals surface area contributed by atoms with Gasteiger partial charge < -0.3 is 14.8 Å². The first kappa shape index (κ1) is 17.2. The summed E-state index contributed by atoms with van der Waals surface area (Å²) in [7, 11) is 1.59. The van der Waals surface area contributed by atoms with Crippen molar-refractivity contribution in [2.75, 3.05) is 19.0 Å². The smallest absolute Gasteiger partial charge is 0.317 e. The number of anilines is 2. The maximum absolute atomic E-state index is 13.3. The molecule has 1 unspecified atom stereocenters. The molecule has 0 fully saturated rings. The second-order valence-corrected chi connectivity index (χ2v) is 5.65. The Morgan fingerprint density at radius 1 is 1.28 bits per heavy atom. The van der Waals surface area contributed by atoms with Crippen molar-refractivity contribution in [3.05, 3.63) is 41.6 Å². The number of hydrogen-bond donors (Lipinski definition) is 1. The molecule has 0 radical (unpaired) electrons. The summed E-state index contributed by atoms with van der Waals surface area (Å²) in [6.07, 6.45) is 2.72. The molecule has 25 heavy (non-hydrogen) atoms. The molecule has 0 spiro atoms. The van der Waals surface area contributed by atoms with Gasteiger partial charge in [-0.15, -0.1) is 0 Å². The Kier molecular flexibility index (Phi) is 5.20. The highest BCUT2D eigenvalue weighted by molar-refractivity contribution is 6.31. The summed E-state index contributed by atoms with van der Waals surface area (Å²) < 4.78 is 23.9. The largest absolute Gasteiger partial charge is 0.458 e. The number of nitrogens with zero attached hydrogens (tertiary/aromatic N) is 4. The Balaban J connectivity index is 1.92. The van der Waals surface area contributed by atoms with E-state index in [1.54, 1.807) is 19.4 Å². The van der Waals surface area contributed by atoms with E-state index in [1.807, 2.05) is 6.92 Å². The molecule has 0 aliphatic carbocycles. The van der Waals surface area contributed by atoms with Crippen LogP contribution in [0.3, 0.4) is 0 Å². The Hall–Kier alpha value is -2.58. The van der Waals surface area contributed by atoms with Crippen molar-refractivity contribution < 1.29 is 13.9 Å². The molecule has 130 valence electrons. The van der Waals surface area contributed by atoms with Gasteiger partial charge in [0.1, 0.15) is 29.3 Å². The van der Waals surface area contributed by atoms with Crippen LogP contribution in [0.1, 0.15) is 6.92 Å². The topological polar surface area (TPSA) is 82.0 Å². The maximum Gasteiger partial charge on any atom is 0.317 e. The lowest BCUT2D eigenvalue weighted by molar-refractivity contribution is 0.0858. The molecule has 1 N–H and O–H groups in total. The Bertz CT molecular complexity index is 896. The van der Waals surface area contributed by atoms with Crippen molar-refractivity contribution in [3.8, 4) is 6.01 Å². The minimum Gasteiger partial charge on any atom is -0.458 e. The van der Waals surface area contributed by atoms with Gasteiger partial charge in [0, 0.05) is 12.8 Å². The number of aromatic nitrogens is 4. The maximum atomic E-state index is 13.3. The normalized spacial score (nSPS) is 12.2. The standard InChI is InChI=1S/C16H15ClFN5O2/c1-9(7-24-2)25-16-19-6-13-14(23-16)15(21-8-20-13)22-10-3-4-12(18)11(17)5-10/h3-6,8-9H,7H2,1-2H3,(H,20,21,22). The van der Waals surface area contributed by atoms with Crippen molar-refractivity contribution in [1.29, 1.82) is 0 Å². The van der Waals surface area contributed by atoms with Crippen molar-refractivity contribution in [1.82, 2.24) is 19.9 Å². The van der Waals surface area contributed by atoms with Gasteiger partial charge in [0.15, 0.2) is 5.82 Å². The van der Waals surface area contributed by atoms with Crippen LogP contribution in [0.25, 0.3) is 11.0 Å². The van der Waals surface area contributed by atoms with Crippen molar-refractivity contribution in [2.45, 2.75) is 13.0 Å². The SMILES string of the molecule is COCC(C)Oc1ncc2ncnc(Nc3ccc(F)c(Cl)c3)c2n1. The molecule has 3 rings (SSSR count). The zero-order valence-electron chi connectivity index (χ0n) is 13.5. The zero-order chi connectivity index (χ0) is 17.8. The Morgan fingerprint density at radius 3 is 2.88 bits per heavy atom. The van der Waals surface area contributed by atoms with E-state index in [-0.39, 0.29) is 17.1 Å². The number of nitrogens with one attached hydrogen (secondary N) is 1. The van der Waals surface area contributed by atoms with Gasteiger partial charge in [-0.2, -0.15) is 4.98 Å². The van der Waals surface area contributed by atoms with Gasteiger partial charge in [0.05, 0.1) is 17.8 Å². The third kappa shape index (κ3) is 4.09. The molecule has 7 nitrogen and oxygen atoms in total. The molecule has 9 heteroatoms. The highest BCUT2D eigenvalue weighted by Crippen LogP contribution is 2.25. The summed E-state index contributed by atoms with van der Waals surface area (Å²) in [5.74, 6) is -0.0655. The molecule has 1 atom stereocenters. The molecule has 2 heterocycles. The first-order chi connectivity index (χ1) is 12.1. The molecule has 0 aliphatic rings. The van der Waals surface area contributed by atoms with Crippen LogP contribution in [0.2, 0.25) is 5.02 Å². The molecule has 0 amide bonds. The summed E-state index contributed by atoms with van der Waals surface area (Å²) >= 11 is 5.81. The van der Waals surface area contributed by atoms with Gasteiger partial charge >= 0.3 is 6.01 Å². The quantitative estimate of drug-likeness (QED) is 0.718. The Labute approximate surface area is 148 Å². The lowest BCUT2D eigenvalue weighted by atomic mass is 10.3. The van der Waals surface area contributed by atoms with E-state index in [1.165, 1.54) is 18.5 Å². The van der Waals surface area contributed by atoms with E-state index in [0.717, 1.165) is 0 Å². The van der Waals surface area contributed by atoms with Crippen LogP contribution in [-0.4, -0.2) is 39.8 Å². The lowest BCUT2D eigenvalue weighted by Gasteiger charge is -2.13. The number of halogens is 2. The second-order valence-electron chi connectivity index (χ2n) is 5.25. The summed E-state index contributed by atoms with van der Waals surface area (Å²) in [5.41, 5.74) is 1.58. The van der Waals surface area contributed by atoms with Crippen LogP contribution in [-0.2, 0) is 4.74 Å². The van der Waals surface area contributed by atoms with Crippen LogP contribution in [0.4, 0.5) is 15.9 Å². The molecule has 0 aliphatic heterocycles. The van der Waals surface area contributed by atoms with E-state index in [2.05, 4.69) is 25.3 Å². The number of fused-ring (bicyclic) bond motifs is 1. The second kappa shape index (κ2) is 7.54. The molecule has 0 saturated carbocycles. The number of hydrogen-bond acceptors (Lipinski definition) is 7. The van der Waals surface area contributed by atoms with Gasteiger partial charge in [-0.3, -0.25) is 0 Å². The highest BCUT2D eigenvalue weighted by Gasteiger charge is 2.12. The van der Waals surface area contributed by atoms with Crippen LogP contribution in [0.15, 0.2) is 30.7 Å². The Morgan fingerprint density at radius 2 is 2.12 bits per heavy atom. The van der Waals surface area contributed by atoms with Gasteiger partial charge in [0.2, 0.25) is 0 Å². The average molecular weight is 364 g/mol. The molecule has 0 saturated heterocycles. The van der Waals surface area contributed by atoms with Crippen molar-refractivity contribution in [2.24, 2.45) is 0 Å². The minimum absolute atomic E-state index is 0.00963. The molecule has 3 aromatic rings. The van der Waals surface area contributed by atoms with Crippen LogP contribution < -0.4 is 10.1 Å². The number of ether oxygens (including phenoxy) is 2. The first-order valence-corrected chi connectivity index (χ1v) is 7.80. The molecule has 0 bridgehead atoms. The fourth-order valence-corrected chi connectivity index (χ4v) is 2.33. The number of benzene rings is 1. The van der Waals surface area contributed by atoms with Crippen molar-refractivity contribution in [3.63, 3.8) is 0 Å². The zero-order valence-corrected chi connectivity index (χ0v) is 14.3.